The van der Waals surface area contributed by atoms with Crippen LogP contribution in [0.1, 0.15) is 70.1 Å². The number of carbonyl (C=O) groups excluding carboxylic acids is 1. The molecule has 1 amide bonds. The van der Waals surface area contributed by atoms with Crippen molar-refractivity contribution in [1.29, 1.82) is 0 Å². The van der Waals surface area contributed by atoms with Gasteiger partial charge in [-0.15, -0.1) is 0 Å². The molecule has 3 heterocycles. The van der Waals surface area contributed by atoms with E-state index >= 15 is 0 Å². The number of aromatic nitrogens is 1. The van der Waals surface area contributed by atoms with Crippen LogP contribution in [0.2, 0.25) is 0 Å². The third kappa shape index (κ3) is 4.33. The van der Waals surface area contributed by atoms with Crippen LogP contribution in [0.5, 0.6) is 0 Å². The maximum Gasteiger partial charge on any atom is 0.227 e. The van der Waals surface area contributed by atoms with E-state index in [1.807, 2.05) is 11.0 Å². The molecule has 5 nitrogen and oxygen atoms in total. The van der Waals surface area contributed by atoms with Gasteiger partial charge in [-0.1, -0.05) is 58.9 Å². The number of hydrogen-bond acceptors (Lipinski definition) is 4. The summed E-state index contributed by atoms with van der Waals surface area (Å²) >= 11 is 0. The molecule has 1 N–H and O–H groups in total. The van der Waals surface area contributed by atoms with Crippen molar-refractivity contribution in [2.75, 3.05) is 31.6 Å². The fourth-order valence-corrected chi connectivity index (χ4v) is 5.98. The molecule has 178 valence electrons. The van der Waals surface area contributed by atoms with E-state index in [4.69, 9.17) is 0 Å². The van der Waals surface area contributed by atoms with Gasteiger partial charge in [-0.2, -0.15) is 0 Å². The molecule has 0 spiro atoms. The van der Waals surface area contributed by atoms with Crippen molar-refractivity contribution >= 4 is 11.6 Å². The van der Waals surface area contributed by atoms with Crippen LogP contribution in [0.25, 0.3) is 0 Å². The highest BCUT2D eigenvalue weighted by molar-refractivity contribution is 5.95. The molecule has 0 unspecified atom stereocenters. The molecule has 1 aromatic carbocycles. The van der Waals surface area contributed by atoms with Gasteiger partial charge in [-0.3, -0.25) is 9.78 Å². The minimum atomic E-state index is -1.20. The predicted octanol–water partition coefficient (Wildman–Crippen LogP) is 4.79. The quantitative estimate of drug-likeness (QED) is 0.660. The summed E-state index contributed by atoms with van der Waals surface area (Å²) in [5.74, 6) is 1.53. The van der Waals surface area contributed by atoms with E-state index in [1.54, 1.807) is 12.4 Å². The number of amides is 1. The Hall–Kier alpha value is -2.24. The lowest BCUT2D eigenvalue weighted by atomic mass is 9.62. The normalized spacial score (nSPS) is 22.6. The highest BCUT2D eigenvalue weighted by Gasteiger charge is 2.55. The first-order chi connectivity index (χ1) is 15.5. The molecule has 2 aromatic rings. The standard InChI is InChI=1S/C28H39N3O2/c1-19(2)11-21-12-26(32)31(16-21)25-13-24(14-29-15-25)28(33,27(5)17-30(6)18-27)23-9-7-22(8-10-23)20(3)4/h7-10,13-15,19-21,33H,11-12,16-18H2,1-6H3/t21-,28-/m0/s1. The molecule has 4 rings (SSSR count). The molecule has 0 saturated carbocycles. The molecule has 0 aliphatic carbocycles. The lowest BCUT2D eigenvalue weighted by Crippen LogP contribution is -2.63. The highest BCUT2D eigenvalue weighted by atomic mass is 16.3. The van der Waals surface area contributed by atoms with Crippen molar-refractivity contribution in [3.63, 3.8) is 0 Å². The van der Waals surface area contributed by atoms with Crippen LogP contribution < -0.4 is 4.90 Å². The van der Waals surface area contributed by atoms with Gasteiger partial charge in [0.05, 0.1) is 11.9 Å². The first-order valence-corrected chi connectivity index (χ1v) is 12.3. The summed E-state index contributed by atoms with van der Waals surface area (Å²) in [5, 5.41) is 12.4. The number of benzene rings is 1. The van der Waals surface area contributed by atoms with E-state index in [1.165, 1.54) is 5.56 Å². The van der Waals surface area contributed by atoms with Crippen molar-refractivity contribution in [3.05, 3.63) is 59.4 Å². The summed E-state index contributed by atoms with van der Waals surface area (Å²) in [5.41, 5.74) is 2.13. The molecular formula is C28H39N3O2. The molecule has 2 atom stereocenters. The Morgan fingerprint density at radius 1 is 1.12 bits per heavy atom. The molecule has 2 aliphatic rings. The number of carbonyl (C=O) groups is 1. The summed E-state index contributed by atoms with van der Waals surface area (Å²) < 4.78 is 0. The molecular weight excluding hydrogens is 410 g/mol. The number of rotatable bonds is 7. The minimum Gasteiger partial charge on any atom is -0.380 e. The van der Waals surface area contributed by atoms with Crippen LogP contribution in [-0.2, 0) is 10.4 Å². The van der Waals surface area contributed by atoms with Gasteiger partial charge in [0.2, 0.25) is 5.91 Å². The molecule has 5 heteroatoms. The van der Waals surface area contributed by atoms with Gasteiger partial charge in [0.1, 0.15) is 5.60 Å². The molecule has 33 heavy (non-hydrogen) atoms. The van der Waals surface area contributed by atoms with E-state index in [0.717, 1.165) is 42.9 Å². The number of anilines is 1. The Balaban J connectivity index is 1.72. The largest absolute Gasteiger partial charge is 0.380 e. The van der Waals surface area contributed by atoms with Crippen LogP contribution in [0.15, 0.2) is 42.7 Å². The zero-order valence-electron chi connectivity index (χ0n) is 21.0. The summed E-state index contributed by atoms with van der Waals surface area (Å²) in [6.07, 6.45) is 5.17. The molecule has 2 fully saturated rings. The molecule has 1 aromatic heterocycles. The van der Waals surface area contributed by atoms with Crippen LogP contribution in [-0.4, -0.2) is 47.6 Å². The third-order valence-electron chi connectivity index (χ3n) is 7.57. The lowest BCUT2D eigenvalue weighted by Gasteiger charge is -2.56. The maximum atomic E-state index is 12.8. The van der Waals surface area contributed by atoms with Crippen LogP contribution >= 0.6 is 0 Å². The van der Waals surface area contributed by atoms with Crippen molar-refractivity contribution in [2.24, 2.45) is 17.3 Å². The average molecular weight is 450 g/mol. The summed E-state index contributed by atoms with van der Waals surface area (Å²) in [7, 11) is 2.08. The number of pyridine rings is 1. The third-order valence-corrected chi connectivity index (χ3v) is 7.57. The van der Waals surface area contributed by atoms with E-state index in [0.29, 0.717) is 24.2 Å². The van der Waals surface area contributed by atoms with Gasteiger partial charge >= 0.3 is 0 Å². The summed E-state index contributed by atoms with van der Waals surface area (Å²) in [6, 6.07) is 10.3. The predicted molar refractivity (Wildman–Crippen MR) is 133 cm³/mol. The molecule has 0 radical (unpaired) electrons. The van der Waals surface area contributed by atoms with Crippen LogP contribution in [0, 0.1) is 17.3 Å². The fourth-order valence-electron chi connectivity index (χ4n) is 5.98. The van der Waals surface area contributed by atoms with Crippen LogP contribution in [0.4, 0.5) is 5.69 Å². The Morgan fingerprint density at radius 3 is 2.36 bits per heavy atom. The van der Waals surface area contributed by atoms with Gasteiger partial charge in [0.25, 0.3) is 0 Å². The van der Waals surface area contributed by atoms with E-state index in [-0.39, 0.29) is 11.3 Å². The van der Waals surface area contributed by atoms with E-state index < -0.39 is 5.60 Å². The first-order valence-electron chi connectivity index (χ1n) is 12.3. The van der Waals surface area contributed by atoms with Crippen molar-refractivity contribution < 1.29 is 9.90 Å². The second-order valence-electron chi connectivity index (χ2n) is 11.4. The monoisotopic (exact) mass is 449 g/mol. The van der Waals surface area contributed by atoms with Gasteiger partial charge in [-0.25, -0.2) is 0 Å². The molecule has 2 aliphatic heterocycles. The minimum absolute atomic E-state index is 0.152. The van der Waals surface area contributed by atoms with Crippen molar-refractivity contribution in [3.8, 4) is 0 Å². The summed E-state index contributed by atoms with van der Waals surface area (Å²) in [4.78, 5) is 21.4. The molecule has 0 bridgehead atoms. The topological polar surface area (TPSA) is 56.7 Å². The second kappa shape index (κ2) is 8.84. The van der Waals surface area contributed by atoms with E-state index in [2.05, 4.69) is 75.8 Å². The van der Waals surface area contributed by atoms with Crippen LogP contribution in [0.3, 0.4) is 0 Å². The van der Waals surface area contributed by atoms with Gasteiger partial charge in [0.15, 0.2) is 0 Å². The SMILES string of the molecule is CC(C)C[C@H]1CC(=O)N(c2cncc([C@@](O)(c3ccc(C(C)C)cc3)C3(C)CN(C)C3)c2)C1. The fraction of sp³-hybridized carbons (Fsp3) is 0.571. The summed E-state index contributed by atoms with van der Waals surface area (Å²) in [6.45, 7) is 13.2. The Kier molecular flexibility index (Phi) is 6.41. The Morgan fingerprint density at radius 2 is 1.79 bits per heavy atom. The zero-order valence-corrected chi connectivity index (χ0v) is 21.0. The Bertz CT molecular complexity index is 994. The maximum absolute atomic E-state index is 12.8. The molecule has 2 saturated heterocycles. The Labute approximate surface area is 198 Å². The van der Waals surface area contributed by atoms with Gasteiger partial charge < -0.3 is 14.9 Å². The number of nitrogens with zero attached hydrogens (tertiary/aromatic N) is 3. The van der Waals surface area contributed by atoms with Gasteiger partial charge in [0, 0.05) is 43.2 Å². The van der Waals surface area contributed by atoms with Gasteiger partial charge in [-0.05, 0) is 48.4 Å². The number of likely N-dealkylation sites (tertiary alicyclic amines) is 1. The smallest absolute Gasteiger partial charge is 0.227 e. The van der Waals surface area contributed by atoms with Crippen molar-refractivity contribution in [2.45, 2.75) is 59.0 Å². The second-order valence-corrected chi connectivity index (χ2v) is 11.4. The zero-order chi connectivity index (χ0) is 24.0. The average Bonchev–Trinajstić information content (AvgIpc) is 3.11. The first kappa shape index (κ1) is 23.9. The number of aliphatic hydroxyl groups is 1. The lowest BCUT2D eigenvalue weighted by molar-refractivity contribution is -0.127. The number of hydrogen-bond donors (Lipinski definition) is 1. The van der Waals surface area contributed by atoms with Crippen molar-refractivity contribution in [1.82, 2.24) is 9.88 Å². The van der Waals surface area contributed by atoms with E-state index in [9.17, 15) is 9.90 Å². The highest BCUT2D eigenvalue weighted by Crippen LogP contribution is 2.50.